The summed E-state index contributed by atoms with van der Waals surface area (Å²) in [5, 5.41) is 0. The van der Waals surface area contributed by atoms with Gasteiger partial charge >= 0.3 is 0 Å². The van der Waals surface area contributed by atoms with Crippen molar-refractivity contribution in [1.29, 1.82) is 0 Å². The Morgan fingerprint density at radius 2 is 1.79 bits per heavy atom. The van der Waals surface area contributed by atoms with Gasteiger partial charge in [-0.15, -0.1) is 0 Å². The second-order valence-corrected chi connectivity index (χ2v) is 6.90. The van der Waals surface area contributed by atoms with E-state index in [1.807, 2.05) is 24.4 Å². The van der Waals surface area contributed by atoms with Crippen LogP contribution in [0.2, 0.25) is 0 Å². The molecule has 3 heterocycles. The molecular weight excluding hydrogens is 296 g/mol. The normalized spacial score (nSPS) is 13.2. The summed E-state index contributed by atoms with van der Waals surface area (Å²) in [6.45, 7) is 6.58. The molecule has 1 aromatic carbocycles. The number of aromatic nitrogens is 4. The summed E-state index contributed by atoms with van der Waals surface area (Å²) in [4.78, 5) is 16.2. The van der Waals surface area contributed by atoms with Crippen molar-refractivity contribution in [2.45, 2.75) is 39.0 Å². The minimum atomic E-state index is 0.316. The van der Waals surface area contributed by atoms with Crippen LogP contribution in [0.1, 0.15) is 49.7 Å². The lowest BCUT2D eigenvalue weighted by Gasteiger charge is -2.08. The zero-order valence-electron chi connectivity index (χ0n) is 14.3. The third kappa shape index (κ3) is 2.68. The minimum Gasteiger partial charge on any atom is -0.357 e. The monoisotopic (exact) mass is 318 g/mol. The molecule has 122 valence electrons. The van der Waals surface area contributed by atoms with Crippen LogP contribution in [0.25, 0.3) is 22.1 Å². The molecule has 0 bridgehead atoms. The van der Waals surface area contributed by atoms with Crippen LogP contribution < -0.4 is 0 Å². The lowest BCUT2D eigenvalue weighted by molar-refractivity contribution is 0.712. The highest BCUT2D eigenvalue weighted by atomic mass is 14.9. The summed E-state index contributed by atoms with van der Waals surface area (Å²) in [5.74, 6) is 1.83. The maximum absolute atomic E-state index is 4.71. The number of benzene rings is 1. The fourth-order valence-corrected chi connectivity index (χ4v) is 3.15. The Balaban J connectivity index is 1.60. The Morgan fingerprint density at radius 3 is 2.58 bits per heavy atom. The number of hydrogen-bond donors (Lipinski definition) is 2. The van der Waals surface area contributed by atoms with Crippen molar-refractivity contribution < 1.29 is 0 Å². The van der Waals surface area contributed by atoms with E-state index in [9.17, 15) is 0 Å². The number of nitrogens with one attached hydrogen (secondary N) is 2. The Labute approximate surface area is 141 Å². The number of H-pyrrole nitrogens is 2. The summed E-state index contributed by atoms with van der Waals surface area (Å²) >= 11 is 0. The van der Waals surface area contributed by atoms with Crippen LogP contribution in [0.3, 0.4) is 0 Å². The molecule has 4 heteroatoms. The first-order valence-corrected chi connectivity index (χ1v) is 8.52. The van der Waals surface area contributed by atoms with E-state index in [-0.39, 0.29) is 0 Å². The van der Waals surface area contributed by atoms with Gasteiger partial charge in [0.1, 0.15) is 5.82 Å². The van der Waals surface area contributed by atoms with Gasteiger partial charge in [-0.1, -0.05) is 32.9 Å². The standard InChI is InChI=1S/C20H22N4/c1-12(2)17-10-18-19(22-17)9-14(11-21-18)8-13(3)20-23-15-6-4-5-7-16(15)24-20/h4-7,9-13,22H,8H2,1-3H3,(H,23,24). The van der Waals surface area contributed by atoms with Crippen molar-refractivity contribution in [3.05, 3.63) is 59.7 Å². The van der Waals surface area contributed by atoms with Crippen LogP contribution in [0.5, 0.6) is 0 Å². The SMILES string of the molecule is CC(C)c1cc2ncc(CC(C)c3nc4ccccc4[nH]3)cc2[nH]1. The van der Waals surface area contributed by atoms with Crippen LogP contribution >= 0.6 is 0 Å². The van der Waals surface area contributed by atoms with Gasteiger partial charge in [0, 0.05) is 17.8 Å². The summed E-state index contributed by atoms with van der Waals surface area (Å²) in [5.41, 5.74) is 6.75. The highest BCUT2D eigenvalue weighted by molar-refractivity contribution is 5.77. The molecule has 0 aliphatic heterocycles. The lowest BCUT2D eigenvalue weighted by Crippen LogP contribution is -2.01. The van der Waals surface area contributed by atoms with Crippen molar-refractivity contribution in [2.75, 3.05) is 0 Å². The van der Waals surface area contributed by atoms with Gasteiger partial charge in [-0.2, -0.15) is 0 Å². The molecule has 4 nitrogen and oxygen atoms in total. The van der Waals surface area contributed by atoms with Gasteiger partial charge in [-0.25, -0.2) is 4.98 Å². The zero-order chi connectivity index (χ0) is 16.7. The Hall–Kier alpha value is -2.62. The van der Waals surface area contributed by atoms with E-state index in [2.05, 4.69) is 53.9 Å². The minimum absolute atomic E-state index is 0.316. The fourth-order valence-electron chi connectivity index (χ4n) is 3.15. The van der Waals surface area contributed by atoms with E-state index >= 15 is 0 Å². The van der Waals surface area contributed by atoms with Gasteiger partial charge in [-0.05, 0) is 42.2 Å². The van der Waals surface area contributed by atoms with E-state index in [0.29, 0.717) is 11.8 Å². The molecule has 4 aromatic rings. The number of pyridine rings is 1. The van der Waals surface area contributed by atoms with Crippen LogP contribution in [0.4, 0.5) is 0 Å². The van der Waals surface area contributed by atoms with E-state index < -0.39 is 0 Å². The molecule has 0 aliphatic rings. The smallest absolute Gasteiger partial charge is 0.110 e. The molecule has 24 heavy (non-hydrogen) atoms. The van der Waals surface area contributed by atoms with Crippen LogP contribution in [-0.2, 0) is 6.42 Å². The number of hydrogen-bond acceptors (Lipinski definition) is 2. The predicted octanol–water partition coefficient (Wildman–Crippen LogP) is 4.91. The summed E-state index contributed by atoms with van der Waals surface area (Å²) in [7, 11) is 0. The second kappa shape index (κ2) is 5.78. The number of fused-ring (bicyclic) bond motifs is 2. The van der Waals surface area contributed by atoms with Gasteiger partial charge in [0.15, 0.2) is 0 Å². The van der Waals surface area contributed by atoms with Crippen molar-refractivity contribution in [3.63, 3.8) is 0 Å². The fraction of sp³-hybridized carbons (Fsp3) is 0.300. The molecule has 0 spiro atoms. The molecule has 0 amide bonds. The lowest BCUT2D eigenvalue weighted by atomic mass is 10.0. The quantitative estimate of drug-likeness (QED) is 0.562. The number of rotatable bonds is 4. The maximum Gasteiger partial charge on any atom is 0.110 e. The molecule has 4 rings (SSSR count). The topological polar surface area (TPSA) is 57.4 Å². The zero-order valence-corrected chi connectivity index (χ0v) is 14.3. The largest absolute Gasteiger partial charge is 0.357 e. The second-order valence-electron chi connectivity index (χ2n) is 6.90. The molecule has 0 saturated carbocycles. The number of imidazole rings is 1. The van der Waals surface area contributed by atoms with E-state index in [1.54, 1.807) is 0 Å². The Kier molecular flexibility index (Phi) is 3.60. The molecule has 0 fully saturated rings. The Morgan fingerprint density at radius 1 is 0.958 bits per heavy atom. The molecule has 0 aliphatic carbocycles. The van der Waals surface area contributed by atoms with Gasteiger partial charge < -0.3 is 9.97 Å². The molecule has 0 saturated heterocycles. The van der Waals surface area contributed by atoms with Gasteiger partial charge in [0.05, 0.1) is 22.1 Å². The van der Waals surface area contributed by atoms with E-state index in [4.69, 9.17) is 4.98 Å². The first-order chi connectivity index (χ1) is 11.6. The van der Waals surface area contributed by atoms with Gasteiger partial charge in [-0.3, -0.25) is 4.98 Å². The summed E-state index contributed by atoms with van der Waals surface area (Å²) in [6.07, 6.45) is 2.90. The molecule has 1 atom stereocenters. The molecule has 0 radical (unpaired) electrons. The predicted molar refractivity (Wildman–Crippen MR) is 98.4 cm³/mol. The number of nitrogens with zero attached hydrogens (tertiary/aromatic N) is 2. The van der Waals surface area contributed by atoms with Gasteiger partial charge in [0.25, 0.3) is 0 Å². The highest BCUT2D eigenvalue weighted by Crippen LogP contribution is 2.24. The van der Waals surface area contributed by atoms with Gasteiger partial charge in [0.2, 0.25) is 0 Å². The van der Waals surface area contributed by atoms with E-state index in [1.165, 1.54) is 11.3 Å². The molecule has 1 unspecified atom stereocenters. The molecule has 3 aromatic heterocycles. The summed E-state index contributed by atoms with van der Waals surface area (Å²) in [6, 6.07) is 12.5. The summed E-state index contributed by atoms with van der Waals surface area (Å²) < 4.78 is 0. The van der Waals surface area contributed by atoms with Crippen molar-refractivity contribution in [1.82, 2.24) is 19.9 Å². The van der Waals surface area contributed by atoms with E-state index in [0.717, 1.165) is 34.3 Å². The average molecular weight is 318 g/mol. The van der Waals surface area contributed by atoms with Crippen molar-refractivity contribution >= 4 is 22.1 Å². The Bertz CT molecular complexity index is 960. The third-order valence-corrected chi connectivity index (χ3v) is 4.58. The van der Waals surface area contributed by atoms with Crippen LogP contribution in [0, 0.1) is 0 Å². The third-order valence-electron chi connectivity index (χ3n) is 4.58. The average Bonchev–Trinajstić information content (AvgIpc) is 3.18. The number of aromatic amines is 2. The van der Waals surface area contributed by atoms with Crippen molar-refractivity contribution in [2.24, 2.45) is 0 Å². The first kappa shape index (κ1) is 14.9. The first-order valence-electron chi connectivity index (χ1n) is 8.52. The molecule has 2 N–H and O–H groups in total. The van der Waals surface area contributed by atoms with Crippen LogP contribution in [0.15, 0.2) is 42.6 Å². The number of para-hydroxylation sites is 2. The van der Waals surface area contributed by atoms with Crippen LogP contribution in [-0.4, -0.2) is 19.9 Å². The molecular formula is C20H22N4. The maximum atomic E-state index is 4.71. The highest BCUT2D eigenvalue weighted by Gasteiger charge is 2.13. The van der Waals surface area contributed by atoms with Crippen molar-refractivity contribution in [3.8, 4) is 0 Å².